The van der Waals surface area contributed by atoms with Crippen molar-refractivity contribution in [3.8, 4) is 0 Å². The van der Waals surface area contributed by atoms with Gasteiger partial charge in [0, 0.05) is 14.2 Å². The maximum absolute atomic E-state index is 12.4. The van der Waals surface area contributed by atoms with Crippen molar-refractivity contribution in [2.24, 2.45) is 0 Å². The quantitative estimate of drug-likeness (QED) is 0.793. The third-order valence-electron chi connectivity index (χ3n) is 3.15. The summed E-state index contributed by atoms with van der Waals surface area (Å²) in [6.07, 6.45) is 0. The van der Waals surface area contributed by atoms with Crippen molar-refractivity contribution in [1.29, 1.82) is 0 Å². The number of benzene rings is 2. The van der Waals surface area contributed by atoms with Crippen LogP contribution in [0.4, 0.5) is 5.69 Å². The lowest BCUT2D eigenvalue weighted by Gasteiger charge is -2.12. The lowest BCUT2D eigenvalue weighted by atomic mass is 10.0. The molecule has 0 spiro atoms. The molecule has 1 N–H and O–H groups in total. The molecule has 1 unspecified atom stereocenters. The molecule has 0 fully saturated rings. The summed E-state index contributed by atoms with van der Waals surface area (Å²) in [6, 6.07) is 16.0. The number of nitrogens with one attached hydrogen (secondary N) is 1. The average molecular weight is 381 g/mol. The first-order valence-electron chi connectivity index (χ1n) is 6.03. The van der Waals surface area contributed by atoms with Crippen molar-refractivity contribution in [1.82, 2.24) is 0 Å². The van der Waals surface area contributed by atoms with Gasteiger partial charge < -0.3 is 5.32 Å². The van der Waals surface area contributed by atoms with E-state index in [1.54, 1.807) is 11.8 Å². The summed E-state index contributed by atoms with van der Waals surface area (Å²) in [6.45, 7) is 0. The molecule has 0 saturated heterocycles. The molecule has 1 heterocycles. The predicted molar refractivity (Wildman–Crippen MR) is 87.7 cm³/mol. The number of anilines is 1. The minimum Gasteiger partial charge on any atom is -0.325 e. The van der Waals surface area contributed by atoms with Crippen molar-refractivity contribution in [3.63, 3.8) is 0 Å². The van der Waals surface area contributed by atoms with E-state index in [1.807, 2.05) is 36.4 Å². The van der Waals surface area contributed by atoms with Crippen LogP contribution in [-0.2, 0) is 4.79 Å². The van der Waals surface area contributed by atoms with Gasteiger partial charge in [0.25, 0.3) is 0 Å². The maximum Gasteiger partial charge on any atom is 0.232 e. The minimum absolute atomic E-state index is 0.0443. The van der Waals surface area contributed by atoms with Crippen molar-refractivity contribution in [3.05, 3.63) is 57.7 Å². The molecule has 0 aromatic heterocycles. The summed E-state index contributed by atoms with van der Waals surface area (Å²) in [4.78, 5) is 13.6. The van der Waals surface area contributed by atoms with E-state index in [2.05, 4.69) is 40.0 Å². The Balaban J connectivity index is 1.81. The van der Waals surface area contributed by atoms with Crippen molar-refractivity contribution < 1.29 is 4.79 Å². The average Bonchev–Trinajstić information content (AvgIpc) is 2.85. The van der Waals surface area contributed by atoms with Crippen LogP contribution in [0.25, 0.3) is 0 Å². The number of hydrogen-bond donors (Lipinski definition) is 1. The van der Waals surface area contributed by atoms with E-state index in [4.69, 9.17) is 0 Å². The Bertz CT molecular complexity index is 629. The molecule has 2 nitrogen and oxygen atoms in total. The molecule has 0 radical (unpaired) electrons. The standard InChI is InChI=1S/C15H12INOS/c16-12-6-2-3-7-13(12)17-15(18)11-9-19-14-8-4-1-5-10(11)14/h1-8,11H,9H2,(H,17,18). The van der Waals surface area contributed by atoms with E-state index in [0.717, 1.165) is 20.6 Å². The molecule has 2 aromatic carbocycles. The van der Waals surface area contributed by atoms with E-state index >= 15 is 0 Å². The number of hydrogen-bond acceptors (Lipinski definition) is 2. The number of rotatable bonds is 2. The Morgan fingerprint density at radius 3 is 2.74 bits per heavy atom. The maximum atomic E-state index is 12.4. The first-order valence-corrected chi connectivity index (χ1v) is 8.09. The lowest BCUT2D eigenvalue weighted by molar-refractivity contribution is -0.117. The summed E-state index contributed by atoms with van der Waals surface area (Å²) >= 11 is 3.99. The van der Waals surface area contributed by atoms with Gasteiger partial charge in [0.2, 0.25) is 5.91 Å². The van der Waals surface area contributed by atoms with E-state index < -0.39 is 0 Å². The van der Waals surface area contributed by atoms with Crippen molar-refractivity contribution >= 4 is 45.9 Å². The fraction of sp³-hybridized carbons (Fsp3) is 0.133. The highest BCUT2D eigenvalue weighted by atomic mass is 127. The van der Waals surface area contributed by atoms with Crippen LogP contribution in [-0.4, -0.2) is 11.7 Å². The Kier molecular flexibility index (Phi) is 3.79. The first kappa shape index (κ1) is 13.0. The smallest absolute Gasteiger partial charge is 0.232 e. The number of amides is 1. The predicted octanol–water partition coefficient (Wildman–Crippen LogP) is 4.12. The third-order valence-corrected chi connectivity index (χ3v) is 5.27. The van der Waals surface area contributed by atoms with Gasteiger partial charge in [-0.1, -0.05) is 30.3 Å². The molecule has 4 heteroatoms. The summed E-state index contributed by atoms with van der Waals surface area (Å²) in [7, 11) is 0. The minimum atomic E-state index is -0.0443. The van der Waals surface area contributed by atoms with Crippen molar-refractivity contribution in [2.45, 2.75) is 10.8 Å². The van der Waals surface area contributed by atoms with Gasteiger partial charge >= 0.3 is 0 Å². The highest BCUT2D eigenvalue weighted by molar-refractivity contribution is 14.1. The fourth-order valence-corrected chi connectivity index (χ4v) is 3.91. The van der Waals surface area contributed by atoms with Gasteiger partial charge in [0.15, 0.2) is 0 Å². The third kappa shape index (κ3) is 2.65. The molecule has 1 aliphatic heterocycles. The number of para-hydroxylation sites is 1. The Morgan fingerprint density at radius 2 is 1.89 bits per heavy atom. The molecular weight excluding hydrogens is 369 g/mol. The second-order valence-corrected chi connectivity index (χ2v) is 6.59. The molecule has 96 valence electrons. The van der Waals surface area contributed by atoms with Gasteiger partial charge in [-0.15, -0.1) is 11.8 Å². The summed E-state index contributed by atoms with van der Waals surface area (Å²) in [5, 5.41) is 3.03. The zero-order valence-electron chi connectivity index (χ0n) is 10.1. The van der Waals surface area contributed by atoms with E-state index in [0.29, 0.717) is 0 Å². The van der Waals surface area contributed by atoms with Crippen LogP contribution >= 0.6 is 34.4 Å². The molecule has 19 heavy (non-hydrogen) atoms. The zero-order valence-corrected chi connectivity index (χ0v) is 13.1. The highest BCUT2D eigenvalue weighted by Gasteiger charge is 2.29. The number of thioether (sulfide) groups is 1. The second kappa shape index (κ2) is 5.54. The Labute approximate surface area is 130 Å². The Hall–Kier alpha value is -1.01. The van der Waals surface area contributed by atoms with Crippen LogP contribution in [0, 0.1) is 3.57 Å². The fourth-order valence-electron chi connectivity index (χ4n) is 2.16. The van der Waals surface area contributed by atoms with Gasteiger partial charge in [-0.05, 0) is 46.4 Å². The number of carbonyl (C=O) groups is 1. The molecular formula is C15H12INOS. The number of fused-ring (bicyclic) bond motifs is 1. The van der Waals surface area contributed by atoms with Crippen LogP contribution in [0.2, 0.25) is 0 Å². The molecule has 3 rings (SSSR count). The van der Waals surface area contributed by atoms with Gasteiger partial charge in [0.05, 0.1) is 11.6 Å². The van der Waals surface area contributed by atoms with E-state index in [-0.39, 0.29) is 11.8 Å². The van der Waals surface area contributed by atoms with Crippen molar-refractivity contribution in [2.75, 3.05) is 11.1 Å². The summed E-state index contributed by atoms with van der Waals surface area (Å²) in [5.74, 6) is 0.868. The SMILES string of the molecule is O=C(Nc1ccccc1I)C1CSc2ccccc21. The topological polar surface area (TPSA) is 29.1 Å². The van der Waals surface area contributed by atoms with Gasteiger partial charge in [-0.25, -0.2) is 0 Å². The normalized spacial score (nSPS) is 17.0. The molecule has 0 aliphatic carbocycles. The van der Waals surface area contributed by atoms with Crippen LogP contribution < -0.4 is 5.32 Å². The number of halogens is 1. The van der Waals surface area contributed by atoms with Gasteiger partial charge in [-0.2, -0.15) is 0 Å². The second-order valence-electron chi connectivity index (χ2n) is 4.37. The van der Waals surface area contributed by atoms with Gasteiger partial charge in [0.1, 0.15) is 0 Å². The highest BCUT2D eigenvalue weighted by Crippen LogP contribution is 2.39. The van der Waals surface area contributed by atoms with Crippen LogP contribution in [0.15, 0.2) is 53.4 Å². The van der Waals surface area contributed by atoms with E-state index in [1.165, 1.54) is 4.90 Å². The zero-order chi connectivity index (χ0) is 13.2. The largest absolute Gasteiger partial charge is 0.325 e. The molecule has 2 aromatic rings. The molecule has 1 atom stereocenters. The first-order chi connectivity index (χ1) is 9.25. The van der Waals surface area contributed by atoms with Crippen LogP contribution in [0.3, 0.4) is 0 Å². The Morgan fingerprint density at radius 1 is 1.16 bits per heavy atom. The van der Waals surface area contributed by atoms with Gasteiger partial charge in [-0.3, -0.25) is 4.79 Å². The summed E-state index contributed by atoms with van der Waals surface area (Å²) < 4.78 is 1.06. The monoisotopic (exact) mass is 381 g/mol. The summed E-state index contributed by atoms with van der Waals surface area (Å²) in [5.41, 5.74) is 2.04. The molecule has 1 amide bonds. The molecule has 0 saturated carbocycles. The van der Waals surface area contributed by atoms with Crippen LogP contribution in [0.1, 0.15) is 11.5 Å². The number of carbonyl (C=O) groups excluding carboxylic acids is 1. The molecule has 1 aliphatic rings. The lowest BCUT2D eigenvalue weighted by Crippen LogP contribution is -2.21. The van der Waals surface area contributed by atoms with E-state index in [9.17, 15) is 4.79 Å². The van der Waals surface area contributed by atoms with Crippen LogP contribution in [0.5, 0.6) is 0 Å². The molecule has 0 bridgehead atoms.